The maximum absolute atomic E-state index is 1.64. The number of rotatable bonds is 0. The summed E-state index contributed by atoms with van der Waals surface area (Å²) in [5.74, 6) is 20.8. The van der Waals surface area contributed by atoms with Crippen molar-refractivity contribution in [3.05, 3.63) is 0 Å². The SMILES string of the molecule is C1CC2C1C1C2C2C1C1C2C2C3C4C5CCC5C4C3C12.C1CCC1.C1CCC1.C1CCC1.C1CCC1.C1CCC1. The minimum Gasteiger partial charge on any atom is -0.0533 e. The van der Waals surface area contributed by atoms with Crippen molar-refractivity contribution < 1.29 is 0 Å². The topological polar surface area (TPSA) is 0 Å². The van der Waals surface area contributed by atoms with Crippen LogP contribution in [0.25, 0.3) is 0 Å². The molecule has 224 valence electrons. The maximum atomic E-state index is 1.64. The van der Waals surface area contributed by atoms with E-state index in [9.17, 15) is 0 Å². The van der Waals surface area contributed by atoms with E-state index in [1.165, 1.54) is 223 Å². The largest absolute Gasteiger partial charge is 0.0533 e. The van der Waals surface area contributed by atoms with Gasteiger partial charge in [0.25, 0.3) is 0 Å². The zero-order valence-corrected chi connectivity index (χ0v) is 26.2. The van der Waals surface area contributed by atoms with Gasteiger partial charge in [0, 0.05) is 0 Å². The Labute approximate surface area is 248 Å². The molecule has 0 bridgehead atoms. The zero-order valence-electron chi connectivity index (χ0n) is 26.2. The molecule has 0 aromatic rings. The predicted molar refractivity (Wildman–Crippen MR) is 167 cm³/mol. The highest BCUT2D eigenvalue weighted by Crippen LogP contribution is 2.94. The van der Waals surface area contributed by atoms with Gasteiger partial charge in [0.15, 0.2) is 0 Å². The predicted octanol–water partition coefficient (Wildman–Crippen LogP) is 11.3. The number of hydrogen-bond acceptors (Lipinski definition) is 0. The van der Waals surface area contributed by atoms with Gasteiger partial charge >= 0.3 is 0 Å². The van der Waals surface area contributed by atoms with E-state index in [1.54, 1.807) is 25.7 Å². The Morgan fingerprint density at radius 1 is 0.150 bits per heavy atom. The molecule has 0 aliphatic heterocycles. The van der Waals surface area contributed by atoms with Gasteiger partial charge in [-0.05, 0) is 120 Å². The highest BCUT2D eigenvalue weighted by atomic mass is 14.9. The third-order valence-electron chi connectivity index (χ3n) is 16.9. The molecule has 12 unspecified atom stereocenters. The molecule has 0 radical (unpaired) electrons. The van der Waals surface area contributed by atoms with Crippen molar-refractivity contribution in [2.24, 2.45) is 94.7 Å². The van der Waals surface area contributed by atoms with Crippen LogP contribution in [-0.2, 0) is 0 Å². The standard InChI is InChI=1S/C20H24.5C4H8/c1-2-6-5(1)9-10(6)14-13(9)17-18(14)20-16-12-8-4-3-7(8)11(12)15(16)19(17)20;5*1-2-4-3-1/h5-20H,1-4H2;5*1-4H2. The van der Waals surface area contributed by atoms with Crippen LogP contribution in [-0.4, -0.2) is 0 Å². The van der Waals surface area contributed by atoms with Gasteiger partial charge in [-0.15, -0.1) is 0 Å². The average molecular weight is 545 g/mol. The quantitative estimate of drug-likeness (QED) is 0.266. The summed E-state index contributed by atoms with van der Waals surface area (Å²) in [6.45, 7) is 0. The van der Waals surface area contributed by atoms with Crippen LogP contribution in [0, 0.1) is 94.7 Å². The minimum atomic E-state index is 1.27. The van der Waals surface area contributed by atoms with Crippen LogP contribution in [0.2, 0.25) is 0 Å². The highest BCUT2D eigenvalue weighted by Gasteiger charge is 2.90. The number of hydrogen-bond donors (Lipinski definition) is 0. The summed E-state index contributed by atoms with van der Waals surface area (Å²) in [5.41, 5.74) is 0. The van der Waals surface area contributed by atoms with E-state index < -0.39 is 0 Å². The summed E-state index contributed by atoms with van der Waals surface area (Å²) in [5, 5.41) is 0. The molecule has 0 saturated heterocycles. The molecule has 12 atom stereocenters. The molecule has 14 fully saturated rings. The van der Waals surface area contributed by atoms with Crippen LogP contribution in [0.1, 0.15) is 154 Å². The van der Waals surface area contributed by atoms with Gasteiger partial charge in [0.05, 0.1) is 0 Å². The summed E-state index contributed by atoms with van der Waals surface area (Å²) in [4.78, 5) is 0. The van der Waals surface area contributed by atoms with Crippen molar-refractivity contribution in [1.82, 2.24) is 0 Å². The summed E-state index contributed by atoms with van der Waals surface area (Å²) in [6.07, 6.45) is 36.6. The van der Waals surface area contributed by atoms with Crippen molar-refractivity contribution in [3.8, 4) is 0 Å². The van der Waals surface area contributed by atoms with Crippen molar-refractivity contribution in [2.45, 2.75) is 154 Å². The van der Waals surface area contributed by atoms with E-state index in [0.717, 1.165) is 0 Å². The molecule has 14 aliphatic rings. The second-order valence-corrected chi connectivity index (χ2v) is 17.8. The van der Waals surface area contributed by atoms with Gasteiger partial charge in [0.2, 0.25) is 0 Å². The van der Waals surface area contributed by atoms with Gasteiger partial charge < -0.3 is 0 Å². The first-order valence-electron chi connectivity index (χ1n) is 20.0. The Morgan fingerprint density at radius 3 is 0.375 bits per heavy atom. The lowest BCUT2D eigenvalue weighted by molar-refractivity contribution is -0.482. The fraction of sp³-hybridized carbons (Fsp3) is 1.00. The third kappa shape index (κ3) is 3.74. The molecule has 0 nitrogen and oxygen atoms in total. The lowest BCUT2D eigenvalue weighted by atomic mass is 9.09. The summed E-state index contributed by atoms with van der Waals surface area (Å²) >= 11 is 0. The van der Waals surface area contributed by atoms with Gasteiger partial charge in [-0.3, -0.25) is 0 Å². The summed E-state index contributed by atoms with van der Waals surface area (Å²) < 4.78 is 0. The molecule has 40 heavy (non-hydrogen) atoms. The van der Waals surface area contributed by atoms with E-state index in [0.29, 0.717) is 0 Å². The second kappa shape index (κ2) is 10.9. The average Bonchev–Trinajstić information content (AvgIpc) is 2.66. The third-order valence-corrected chi connectivity index (χ3v) is 16.9. The van der Waals surface area contributed by atoms with Gasteiger partial charge in [-0.1, -0.05) is 128 Å². The van der Waals surface area contributed by atoms with E-state index in [1.807, 2.05) is 0 Å². The molecule has 14 saturated carbocycles. The van der Waals surface area contributed by atoms with E-state index >= 15 is 0 Å². The van der Waals surface area contributed by atoms with E-state index in [4.69, 9.17) is 0 Å². The van der Waals surface area contributed by atoms with Crippen molar-refractivity contribution in [2.75, 3.05) is 0 Å². The normalized spacial score (nSPS) is 57.6. The van der Waals surface area contributed by atoms with Gasteiger partial charge in [-0.25, -0.2) is 0 Å². The molecule has 14 rings (SSSR count). The van der Waals surface area contributed by atoms with Crippen LogP contribution < -0.4 is 0 Å². The maximum Gasteiger partial charge on any atom is -0.0312 e. The lowest BCUT2D eigenvalue weighted by Gasteiger charge is -2.95. The highest BCUT2D eigenvalue weighted by molar-refractivity contribution is 5.37. The smallest absolute Gasteiger partial charge is 0.0312 e. The second-order valence-electron chi connectivity index (χ2n) is 17.8. The molecule has 0 heterocycles. The monoisotopic (exact) mass is 545 g/mol. The molecule has 0 spiro atoms. The fourth-order valence-electron chi connectivity index (χ4n) is 12.7. The van der Waals surface area contributed by atoms with Crippen LogP contribution in [0.4, 0.5) is 0 Å². The van der Waals surface area contributed by atoms with Crippen molar-refractivity contribution in [1.29, 1.82) is 0 Å². The molecular weight excluding hydrogens is 480 g/mol. The molecular formula is C40H64. The molecule has 0 heteroatoms. The van der Waals surface area contributed by atoms with Crippen LogP contribution in [0.3, 0.4) is 0 Å². The van der Waals surface area contributed by atoms with E-state index in [2.05, 4.69) is 0 Å². The number of fused-ring (bicyclic) bond motifs is 22. The summed E-state index contributed by atoms with van der Waals surface area (Å²) in [6, 6.07) is 0. The first-order chi connectivity index (χ1) is 20.0. The Kier molecular flexibility index (Phi) is 7.17. The minimum absolute atomic E-state index is 1.27. The fourth-order valence-corrected chi connectivity index (χ4v) is 12.7. The van der Waals surface area contributed by atoms with Crippen LogP contribution >= 0.6 is 0 Å². The molecule has 0 aromatic carbocycles. The molecule has 14 aliphatic carbocycles. The molecule has 0 aromatic heterocycles. The van der Waals surface area contributed by atoms with E-state index in [-0.39, 0.29) is 0 Å². The Morgan fingerprint density at radius 2 is 0.275 bits per heavy atom. The molecule has 0 amide bonds. The van der Waals surface area contributed by atoms with Crippen LogP contribution in [0.5, 0.6) is 0 Å². The first kappa shape index (κ1) is 26.4. The van der Waals surface area contributed by atoms with Gasteiger partial charge in [0.1, 0.15) is 0 Å². The van der Waals surface area contributed by atoms with Crippen LogP contribution in [0.15, 0.2) is 0 Å². The van der Waals surface area contributed by atoms with Crippen molar-refractivity contribution in [3.63, 3.8) is 0 Å². The Hall–Kier alpha value is 0. The lowest BCUT2D eigenvalue weighted by Crippen LogP contribution is -2.91. The first-order valence-corrected chi connectivity index (χ1v) is 20.0. The zero-order chi connectivity index (χ0) is 26.2. The van der Waals surface area contributed by atoms with Gasteiger partial charge in [-0.2, -0.15) is 0 Å². The summed E-state index contributed by atoms with van der Waals surface area (Å²) in [7, 11) is 0. The van der Waals surface area contributed by atoms with Crippen molar-refractivity contribution >= 4 is 0 Å². The molecule has 0 N–H and O–H groups in total. The Balaban J connectivity index is 0.0000000939. The Bertz CT molecular complexity index is 690.